The van der Waals surface area contributed by atoms with Gasteiger partial charge in [0.25, 0.3) is 0 Å². The van der Waals surface area contributed by atoms with Gasteiger partial charge in [0.05, 0.1) is 12.7 Å². The normalized spacial score (nSPS) is 16.3. The van der Waals surface area contributed by atoms with Crippen LogP contribution in [0.15, 0.2) is 22.7 Å². The zero-order valence-corrected chi connectivity index (χ0v) is 18.4. The number of hydrogen-bond donors (Lipinski definition) is 0. The highest BCUT2D eigenvalue weighted by molar-refractivity contribution is 9.10. The monoisotopic (exact) mass is 469 g/mol. The molecule has 8 nitrogen and oxygen atoms in total. The minimum atomic E-state index is -0.784. The second kappa shape index (κ2) is 9.39. The molecule has 0 unspecified atom stereocenters. The van der Waals surface area contributed by atoms with Crippen LogP contribution >= 0.6 is 15.9 Å². The fraction of sp³-hybridized carbons (Fsp3) is 0.500. The summed E-state index contributed by atoms with van der Waals surface area (Å²) in [4.78, 5) is 50.2. The van der Waals surface area contributed by atoms with Crippen LogP contribution in [0.1, 0.15) is 54.3 Å². The zero-order chi connectivity index (χ0) is 21.8. The molecule has 0 spiro atoms. The van der Waals surface area contributed by atoms with Gasteiger partial charge in [-0.1, -0.05) is 6.07 Å². The first-order valence-electron chi connectivity index (χ1n) is 9.11. The van der Waals surface area contributed by atoms with Gasteiger partial charge in [0, 0.05) is 16.6 Å². The number of hydrogen-bond acceptors (Lipinski definition) is 7. The maximum atomic E-state index is 12.4. The molecule has 1 aliphatic heterocycles. The first kappa shape index (κ1) is 22.9. The molecule has 1 saturated heterocycles. The van der Waals surface area contributed by atoms with Crippen molar-refractivity contribution in [2.24, 2.45) is 0 Å². The van der Waals surface area contributed by atoms with Crippen LogP contribution in [0.2, 0.25) is 0 Å². The van der Waals surface area contributed by atoms with E-state index < -0.39 is 42.1 Å². The molecule has 0 saturated carbocycles. The van der Waals surface area contributed by atoms with Gasteiger partial charge in [-0.15, -0.1) is 0 Å². The second-order valence-electron chi connectivity index (χ2n) is 7.55. The summed E-state index contributed by atoms with van der Waals surface area (Å²) in [6.45, 7) is 5.12. The van der Waals surface area contributed by atoms with Crippen LogP contribution in [0.3, 0.4) is 0 Å². The predicted molar refractivity (Wildman–Crippen MR) is 107 cm³/mol. The van der Waals surface area contributed by atoms with Crippen molar-refractivity contribution in [2.75, 3.05) is 20.3 Å². The molecule has 29 heavy (non-hydrogen) atoms. The van der Waals surface area contributed by atoms with Crippen molar-refractivity contribution in [2.45, 2.75) is 45.3 Å². The number of carbonyl (C=O) groups excluding carboxylic acids is 4. The van der Waals surface area contributed by atoms with Gasteiger partial charge in [0.2, 0.25) is 0 Å². The Hall–Kier alpha value is -2.42. The number of nitrogens with zero attached hydrogens (tertiary/aromatic N) is 1. The Bertz CT molecular complexity index is 816. The fourth-order valence-electron chi connectivity index (χ4n) is 2.83. The molecule has 158 valence electrons. The van der Waals surface area contributed by atoms with Crippen molar-refractivity contribution in [1.82, 2.24) is 4.90 Å². The molecule has 2 rings (SSSR count). The average Bonchev–Trinajstić information content (AvgIpc) is 3.14. The number of likely N-dealkylation sites (tertiary alicyclic amines) is 1. The van der Waals surface area contributed by atoms with Crippen molar-refractivity contribution in [3.63, 3.8) is 0 Å². The number of Topliss-reactive ketones (excluding diaryl/α,β-unsaturated/α-hetero) is 1. The quantitative estimate of drug-likeness (QED) is 0.370. The van der Waals surface area contributed by atoms with E-state index in [9.17, 15) is 19.2 Å². The van der Waals surface area contributed by atoms with Crippen LogP contribution in [0.4, 0.5) is 4.79 Å². The van der Waals surface area contributed by atoms with Crippen molar-refractivity contribution < 1.29 is 33.4 Å². The number of ketones is 1. The Morgan fingerprint density at radius 3 is 2.52 bits per heavy atom. The van der Waals surface area contributed by atoms with Crippen molar-refractivity contribution in [1.29, 1.82) is 0 Å². The largest absolute Gasteiger partial charge is 0.465 e. The van der Waals surface area contributed by atoms with Crippen LogP contribution in [0.5, 0.6) is 0 Å². The summed E-state index contributed by atoms with van der Waals surface area (Å²) in [7, 11) is 1.24. The van der Waals surface area contributed by atoms with E-state index in [0.29, 0.717) is 23.9 Å². The minimum absolute atomic E-state index is 0.191. The zero-order valence-electron chi connectivity index (χ0n) is 16.8. The Morgan fingerprint density at radius 2 is 1.90 bits per heavy atom. The number of halogens is 1. The van der Waals surface area contributed by atoms with Gasteiger partial charge in [-0.25, -0.2) is 14.4 Å². The van der Waals surface area contributed by atoms with Gasteiger partial charge in [-0.2, -0.15) is 0 Å². The number of benzene rings is 1. The third kappa shape index (κ3) is 6.03. The third-order valence-corrected chi connectivity index (χ3v) is 4.88. The van der Waals surface area contributed by atoms with Crippen LogP contribution in [-0.4, -0.2) is 60.6 Å². The molecule has 1 fully saturated rings. The smallest absolute Gasteiger partial charge is 0.411 e. The lowest BCUT2D eigenvalue weighted by Crippen LogP contribution is -2.44. The Labute approximate surface area is 177 Å². The minimum Gasteiger partial charge on any atom is -0.465 e. The molecule has 0 bridgehead atoms. The Kier molecular flexibility index (Phi) is 7.40. The molecule has 1 aliphatic rings. The number of methoxy groups -OCH3 is 1. The third-order valence-electron chi connectivity index (χ3n) is 4.19. The summed E-state index contributed by atoms with van der Waals surface area (Å²) in [6.07, 6.45) is 0.498. The van der Waals surface area contributed by atoms with Crippen LogP contribution in [0, 0.1) is 0 Å². The maximum absolute atomic E-state index is 12.4. The molecule has 1 atom stereocenters. The maximum Gasteiger partial charge on any atom is 0.411 e. The highest BCUT2D eigenvalue weighted by atomic mass is 79.9. The molecule has 0 N–H and O–H groups in total. The second-order valence-corrected chi connectivity index (χ2v) is 8.40. The lowest BCUT2D eigenvalue weighted by Gasteiger charge is -2.27. The lowest BCUT2D eigenvalue weighted by molar-refractivity contribution is -0.147. The summed E-state index contributed by atoms with van der Waals surface area (Å²) >= 11 is 3.22. The summed E-state index contributed by atoms with van der Waals surface area (Å²) in [5.74, 6) is -1.73. The molecule has 1 aromatic rings. The van der Waals surface area contributed by atoms with E-state index in [1.54, 1.807) is 26.8 Å². The molecule has 0 aliphatic carbocycles. The summed E-state index contributed by atoms with van der Waals surface area (Å²) in [5.41, 5.74) is -0.281. The number of carbonyl (C=O) groups is 4. The van der Waals surface area contributed by atoms with Crippen LogP contribution < -0.4 is 0 Å². The molecule has 9 heteroatoms. The van der Waals surface area contributed by atoms with Crippen LogP contribution in [-0.2, 0) is 19.0 Å². The van der Waals surface area contributed by atoms with Gasteiger partial charge >= 0.3 is 18.0 Å². The SMILES string of the molecule is COC(=O)c1cc(C(=O)COC(=O)[C@@H]2CCCN2C(=O)OC(C)(C)C)ccc1Br. The molecule has 1 aromatic carbocycles. The van der Waals surface area contributed by atoms with E-state index in [-0.39, 0.29) is 11.1 Å². The molecular weight excluding hydrogens is 446 g/mol. The highest BCUT2D eigenvalue weighted by Gasteiger charge is 2.37. The Balaban J connectivity index is 2.00. The number of amides is 1. The topological polar surface area (TPSA) is 99.2 Å². The van der Waals surface area contributed by atoms with Crippen molar-refractivity contribution in [3.05, 3.63) is 33.8 Å². The first-order valence-corrected chi connectivity index (χ1v) is 9.90. The first-order chi connectivity index (χ1) is 13.5. The summed E-state index contributed by atoms with van der Waals surface area (Å²) in [6, 6.07) is 3.64. The van der Waals surface area contributed by atoms with E-state index in [1.165, 1.54) is 24.1 Å². The van der Waals surface area contributed by atoms with E-state index in [4.69, 9.17) is 9.47 Å². The molecular formula is C20H24BrNO7. The van der Waals surface area contributed by atoms with Gasteiger partial charge in [-0.05, 0) is 61.7 Å². The highest BCUT2D eigenvalue weighted by Crippen LogP contribution is 2.23. The summed E-state index contributed by atoms with van der Waals surface area (Å²) in [5, 5.41) is 0. The van der Waals surface area contributed by atoms with E-state index >= 15 is 0 Å². The average molecular weight is 470 g/mol. The predicted octanol–water partition coefficient (Wildman–Crippen LogP) is 3.36. The molecule has 0 radical (unpaired) electrons. The summed E-state index contributed by atoms with van der Waals surface area (Å²) < 4.78 is 15.6. The van der Waals surface area contributed by atoms with E-state index in [1.807, 2.05) is 0 Å². The van der Waals surface area contributed by atoms with Gasteiger partial charge in [0.15, 0.2) is 12.4 Å². The number of rotatable bonds is 5. The van der Waals surface area contributed by atoms with E-state index in [0.717, 1.165) is 0 Å². The molecule has 0 aromatic heterocycles. The standard InChI is InChI=1S/C20H24BrNO7/c1-20(2,3)29-19(26)22-9-5-6-15(22)18(25)28-11-16(23)12-7-8-14(21)13(10-12)17(24)27-4/h7-8,10,15H,5-6,9,11H2,1-4H3/t15-/m0/s1. The Morgan fingerprint density at radius 1 is 1.21 bits per heavy atom. The lowest BCUT2D eigenvalue weighted by atomic mass is 10.1. The van der Waals surface area contributed by atoms with Crippen molar-refractivity contribution >= 4 is 39.7 Å². The van der Waals surface area contributed by atoms with Gasteiger partial charge in [0.1, 0.15) is 11.6 Å². The molecule has 1 amide bonds. The van der Waals surface area contributed by atoms with Gasteiger partial charge in [-0.3, -0.25) is 9.69 Å². The van der Waals surface area contributed by atoms with Gasteiger partial charge < -0.3 is 14.2 Å². The van der Waals surface area contributed by atoms with Crippen molar-refractivity contribution in [3.8, 4) is 0 Å². The number of esters is 2. The fourth-order valence-corrected chi connectivity index (χ4v) is 3.24. The number of ether oxygens (including phenoxy) is 3. The van der Waals surface area contributed by atoms with E-state index in [2.05, 4.69) is 20.7 Å². The molecule has 1 heterocycles. The van der Waals surface area contributed by atoms with Crippen LogP contribution in [0.25, 0.3) is 0 Å².